The third-order valence-electron chi connectivity index (χ3n) is 3.60. The molecule has 4 rings (SSSR count). The number of hydrogen-bond acceptors (Lipinski definition) is 4. The number of nitrogens with zero attached hydrogens (tertiary/aromatic N) is 1. The number of thiophene rings is 1. The van der Waals surface area contributed by atoms with Crippen LogP contribution in [0.2, 0.25) is 0 Å². The van der Waals surface area contributed by atoms with E-state index in [0.29, 0.717) is 5.00 Å². The van der Waals surface area contributed by atoms with Gasteiger partial charge in [-0.1, -0.05) is 12.1 Å². The maximum Gasteiger partial charge on any atom is 0.256 e. The van der Waals surface area contributed by atoms with E-state index in [1.807, 2.05) is 35.7 Å². The summed E-state index contributed by atoms with van der Waals surface area (Å²) in [6.45, 7) is 0. The molecule has 0 saturated heterocycles. The van der Waals surface area contributed by atoms with Crippen molar-refractivity contribution in [2.75, 3.05) is 5.32 Å². The van der Waals surface area contributed by atoms with Gasteiger partial charge in [-0.15, -0.1) is 22.7 Å². The molecule has 25 heavy (non-hydrogen) atoms. The summed E-state index contributed by atoms with van der Waals surface area (Å²) >= 11 is 2.88. The molecule has 1 amide bonds. The Bertz CT molecular complexity index is 1050. The summed E-state index contributed by atoms with van der Waals surface area (Å²) in [6.07, 6.45) is 0. The lowest BCUT2D eigenvalue weighted by Gasteiger charge is -2.05. The Hall–Kier alpha value is -2.64. The number of thiazole rings is 1. The van der Waals surface area contributed by atoms with E-state index in [2.05, 4.69) is 10.3 Å². The molecule has 0 atom stereocenters. The van der Waals surface area contributed by atoms with Crippen LogP contribution >= 0.6 is 22.7 Å². The zero-order valence-corrected chi connectivity index (χ0v) is 14.3. The zero-order valence-electron chi connectivity index (χ0n) is 12.6. The van der Waals surface area contributed by atoms with Gasteiger partial charge in [0.25, 0.3) is 5.91 Å². The molecule has 0 spiro atoms. The van der Waals surface area contributed by atoms with Crippen LogP contribution in [-0.2, 0) is 0 Å². The molecule has 0 aliphatic rings. The van der Waals surface area contributed by atoms with Crippen molar-refractivity contribution in [2.24, 2.45) is 0 Å². The number of anilines is 1. The Morgan fingerprint density at radius 3 is 2.68 bits per heavy atom. The van der Waals surface area contributed by atoms with Crippen molar-refractivity contribution in [3.05, 3.63) is 71.1 Å². The van der Waals surface area contributed by atoms with Gasteiger partial charge in [0.05, 0.1) is 10.2 Å². The summed E-state index contributed by atoms with van der Waals surface area (Å²) in [5.41, 5.74) is 1.76. The lowest BCUT2D eigenvalue weighted by molar-refractivity contribution is 0.102. The number of fused-ring (bicyclic) bond motifs is 1. The Balaban J connectivity index is 1.65. The van der Waals surface area contributed by atoms with Gasteiger partial charge in [-0.05, 0) is 41.8 Å². The SMILES string of the molecule is O=C(Nc1sccc1-c1nc2ccccc2s1)c1ccc(F)c(F)c1. The van der Waals surface area contributed by atoms with Crippen molar-refractivity contribution in [1.82, 2.24) is 4.98 Å². The number of rotatable bonds is 3. The number of aromatic nitrogens is 1. The second-order valence-corrected chi connectivity index (χ2v) is 7.18. The number of carbonyl (C=O) groups excluding carboxylic acids is 1. The summed E-state index contributed by atoms with van der Waals surface area (Å²) in [4.78, 5) is 16.9. The molecule has 0 aliphatic heterocycles. The lowest BCUT2D eigenvalue weighted by atomic mass is 10.2. The van der Waals surface area contributed by atoms with Crippen LogP contribution in [-0.4, -0.2) is 10.9 Å². The molecule has 0 unspecified atom stereocenters. The highest BCUT2D eigenvalue weighted by Crippen LogP contribution is 2.37. The van der Waals surface area contributed by atoms with E-state index in [-0.39, 0.29) is 5.56 Å². The van der Waals surface area contributed by atoms with E-state index in [1.54, 1.807) is 0 Å². The molecule has 4 aromatic rings. The number of hydrogen-bond donors (Lipinski definition) is 1. The molecule has 124 valence electrons. The molecule has 0 radical (unpaired) electrons. The summed E-state index contributed by atoms with van der Waals surface area (Å²) in [7, 11) is 0. The van der Waals surface area contributed by atoms with Crippen LogP contribution in [0, 0.1) is 11.6 Å². The zero-order chi connectivity index (χ0) is 17.4. The molecule has 3 nitrogen and oxygen atoms in total. The fraction of sp³-hybridized carbons (Fsp3) is 0. The molecule has 2 aromatic carbocycles. The first-order valence-electron chi connectivity index (χ1n) is 7.31. The molecule has 1 N–H and O–H groups in total. The first kappa shape index (κ1) is 15.9. The predicted octanol–water partition coefficient (Wildman–Crippen LogP) is 5.56. The summed E-state index contributed by atoms with van der Waals surface area (Å²) in [6, 6.07) is 12.7. The average Bonchev–Trinajstić information content (AvgIpc) is 3.23. The van der Waals surface area contributed by atoms with Gasteiger partial charge in [0.1, 0.15) is 10.0 Å². The number of amides is 1. The molecular weight excluding hydrogens is 362 g/mol. The van der Waals surface area contributed by atoms with Crippen molar-refractivity contribution in [1.29, 1.82) is 0 Å². The Kier molecular flexibility index (Phi) is 4.03. The van der Waals surface area contributed by atoms with Crippen LogP contribution < -0.4 is 5.32 Å². The number of halogens is 2. The van der Waals surface area contributed by atoms with Gasteiger partial charge in [-0.25, -0.2) is 13.8 Å². The molecule has 0 fully saturated rings. The van der Waals surface area contributed by atoms with Crippen molar-refractivity contribution in [3.63, 3.8) is 0 Å². The fourth-order valence-corrected chi connectivity index (χ4v) is 4.22. The molecule has 2 aromatic heterocycles. The number of nitrogens with one attached hydrogen (secondary N) is 1. The third kappa shape index (κ3) is 3.04. The summed E-state index contributed by atoms with van der Waals surface area (Å²) in [5, 5.41) is 6.02. The molecule has 0 aliphatic carbocycles. The summed E-state index contributed by atoms with van der Waals surface area (Å²) < 4.78 is 27.4. The van der Waals surface area contributed by atoms with Crippen LogP contribution in [0.5, 0.6) is 0 Å². The number of para-hydroxylation sites is 1. The van der Waals surface area contributed by atoms with Crippen molar-refractivity contribution < 1.29 is 13.6 Å². The van der Waals surface area contributed by atoms with Gasteiger partial charge in [0.15, 0.2) is 11.6 Å². The largest absolute Gasteiger partial charge is 0.313 e. The maximum atomic E-state index is 13.3. The highest BCUT2D eigenvalue weighted by Gasteiger charge is 2.16. The van der Waals surface area contributed by atoms with E-state index >= 15 is 0 Å². The highest BCUT2D eigenvalue weighted by molar-refractivity contribution is 7.22. The van der Waals surface area contributed by atoms with Crippen molar-refractivity contribution >= 4 is 43.8 Å². The van der Waals surface area contributed by atoms with Crippen LogP contribution in [0.25, 0.3) is 20.8 Å². The number of benzene rings is 2. The Morgan fingerprint density at radius 2 is 1.88 bits per heavy atom. The smallest absolute Gasteiger partial charge is 0.256 e. The normalized spacial score (nSPS) is 11.0. The molecule has 7 heteroatoms. The average molecular weight is 372 g/mol. The topological polar surface area (TPSA) is 42.0 Å². The first-order valence-corrected chi connectivity index (χ1v) is 9.01. The minimum absolute atomic E-state index is 0.0579. The van der Waals surface area contributed by atoms with Crippen molar-refractivity contribution in [3.8, 4) is 10.6 Å². The van der Waals surface area contributed by atoms with E-state index < -0.39 is 17.5 Å². The van der Waals surface area contributed by atoms with Crippen LogP contribution in [0.15, 0.2) is 53.9 Å². The predicted molar refractivity (Wildman–Crippen MR) is 97.2 cm³/mol. The highest BCUT2D eigenvalue weighted by atomic mass is 32.1. The minimum atomic E-state index is -1.05. The first-order chi connectivity index (χ1) is 12.1. The van der Waals surface area contributed by atoms with E-state index in [0.717, 1.165) is 32.9 Å². The number of carbonyl (C=O) groups is 1. The van der Waals surface area contributed by atoms with E-state index in [9.17, 15) is 13.6 Å². The Labute approximate surface area is 149 Å². The van der Waals surface area contributed by atoms with E-state index in [4.69, 9.17) is 0 Å². The maximum absolute atomic E-state index is 13.3. The lowest BCUT2D eigenvalue weighted by Crippen LogP contribution is -2.12. The fourth-order valence-electron chi connectivity index (χ4n) is 2.37. The van der Waals surface area contributed by atoms with Gasteiger partial charge in [0, 0.05) is 11.1 Å². The van der Waals surface area contributed by atoms with Gasteiger partial charge in [-0.2, -0.15) is 0 Å². The molecule has 2 heterocycles. The van der Waals surface area contributed by atoms with E-state index in [1.165, 1.54) is 28.7 Å². The van der Waals surface area contributed by atoms with Gasteiger partial charge in [0.2, 0.25) is 0 Å². The third-order valence-corrected chi connectivity index (χ3v) is 5.50. The van der Waals surface area contributed by atoms with Crippen LogP contribution in [0.1, 0.15) is 10.4 Å². The van der Waals surface area contributed by atoms with Crippen LogP contribution in [0.3, 0.4) is 0 Å². The quantitative estimate of drug-likeness (QED) is 0.512. The minimum Gasteiger partial charge on any atom is -0.313 e. The van der Waals surface area contributed by atoms with Gasteiger partial charge >= 0.3 is 0 Å². The second kappa shape index (κ2) is 6.34. The van der Waals surface area contributed by atoms with Crippen LogP contribution in [0.4, 0.5) is 13.8 Å². The molecule has 0 saturated carbocycles. The van der Waals surface area contributed by atoms with Gasteiger partial charge < -0.3 is 5.32 Å². The van der Waals surface area contributed by atoms with Gasteiger partial charge in [-0.3, -0.25) is 4.79 Å². The standard InChI is InChI=1S/C18H10F2N2OS2/c19-12-6-5-10(9-13(12)20)16(23)22-17-11(7-8-24-17)18-21-14-3-1-2-4-15(14)25-18/h1-9H,(H,22,23). The molecular formula is C18H10F2N2OS2. The van der Waals surface area contributed by atoms with Crippen molar-refractivity contribution in [2.45, 2.75) is 0 Å². The molecule has 0 bridgehead atoms. The second-order valence-electron chi connectivity index (χ2n) is 5.23. The Morgan fingerprint density at radius 1 is 1.04 bits per heavy atom. The summed E-state index contributed by atoms with van der Waals surface area (Å²) in [5.74, 6) is -2.53. The monoisotopic (exact) mass is 372 g/mol.